The first-order chi connectivity index (χ1) is 12.1. The van der Waals surface area contributed by atoms with Gasteiger partial charge in [0.1, 0.15) is 0 Å². The van der Waals surface area contributed by atoms with Gasteiger partial charge in [-0.3, -0.25) is 9.48 Å². The Labute approximate surface area is 149 Å². The van der Waals surface area contributed by atoms with E-state index in [1.807, 2.05) is 23.0 Å². The summed E-state index contributed by atoms with van der Waals surface area (Å²) in [7, 11) is 0. The lowest BCUT2D eigenvalue weighted by atomic mass is 9.64. The molecular weight excluding hydrogens is 312 g/mol. The van der Waals surface area contributed by atoms with Gasteiger partial charge in [0.05, 0.1) is 12.6 Å². The second kappa shape index (κ2) is 7.83. The third-order valence-corrected chi connectivity index (χ3v) is 5.57. The van der Waals surface area contributed by atoms with Crippen molar-refractivity contribution in [2.24, 2.45) is 0 Å². The highest BCUT2D eigenvalue weighted by molar-refractivity contribution is 5.78. The monoisotopic (exact) mass is 340 g/mol. The lowest BCUT2D eigenvalue weighted by Crippen LogP contribution is -2.48. The fraction of sp³-hybridized carbons (Fsp3) is 0.500. The second-order valence-corrected chi connectivity index (χ2v) is 7.17. The van der Waals surface area contributed by atoms with Gasteiger partial charge in [0.2, 0.25) is 5.91 Å². The summed E-state index contributed by atoms with van der Waals surface area (Å²) in [4.78, 5) is 12.3. The van der Waals surface area contributed by atoms with Gasteiger partial charge in [-0.15, -0.1) is 0 Å². The van der Waals surface area contributed by atoms with E-state index >= 15 is 0 Å². The van der Waals surface area contributed by atoms with Gasteiger partial charge >= 0.3 is 0 Å². The number of carbonyl (C=O) groups excluding carboxylic acids is 1. The molecule has 0 bridgehead atoms. The van der Waals surface area contributed by atoms with Crippen LogP contribution in [0.15, 0.2) is 48.8 Å². The first-order valence-electron chi connectivity index (χ1n) is 9.15. The minimum Gasteiger partial charge on any atom is -0.354 e. The summed E-state index contributed by atoms with van der Waals surface area (Å²) in [6.07, 6.45) is 7.26. The van der Waals surface area contributed by atoms with Crippen molar-refractivity contribution < 1.29 is 4.79 Å². The standard InChI is InChI=1S/C20H28N4O/c1-16(17(2)24-13-7-12-23-24)21-14-19(25)22-15-20(10-6-11-20)18-8-4-3-5-9-18/h3-5,7-9,12-13,16-17,21H,6,10-11,14-15H2,1-2H3,(H,22,25)/t16-,17+/m1/s1. The molecule has 5 nitrogen and oxygen atoms in total. The highest BCUT2D eigenvalue weighted by atomic mass is 16.1. The Bertz CT molecular complexity index is 664. The van der Waals surface area contributed by atoms with Crippen molar-refractivity contribution in [3.8, 4) is 0 Å². The number of nitrogens with zero attached hydrogens (tertiary/aromatic N) is 2. The predicted octanol–water partition coefficient (Wildman–Crippen LogP) is 2.66. The molecule has 0 aliphatic heterocycles. The van der Waals surface area contributed by atoms with E-state index in [9.17, 15) is 4.79 Å². The van der Waals surface area contributed by atoms with Crippen LogP contribution in [0.2, 0.25) is 0 Å². The number of benzene rings is 1. The molecule has 2 aromatic rings. The molecule has 25 heavy (non-hydrogen) atoms. The highest BCUT2D eigenvalue weighted by Crippen LogP contribution is 2.43. The number of carbonyl (C=O) groups is 1. The molecule has 0 saturated heterocycles. The predicted molar refractivity (Wildman–Crippen MR) is 99.4 cm³/mol. The molecule has 1 fully saturated rings. The average Bonchev–Trinajstić information content (AvgIpc) is 3.13. The molecule has 1 aliphatic carbocycles. The lowest BCUT2D eigenvalue weighted by Gasteiger charge is -2.42. The quantitative estimate of drug-likeness (QED) is 0.777. The molecule has 1 aromatic carbocycles. The Kier molecular flexibility index (Phi) is 5.53. The minimum atomic E-state index is 0.0571. The van der Waals surface area contributed by atoms with Crippen molar-refractivity contribution >= 4 is 5.91 Å². The first-order valence-corrected chi connectivity index (χ1v) is 9.15. The zero-order valence-electron chi connectivity index (χ0n) is 15.1. The number of nitrogens with one attached hydrogen (secondary N) is 2. The van der Waals surface area contributed by atoms with Crippen LogP contribution in [0.5, 0.6) is 0 Å². The van der Waals surface area contributed by atoms with Crippen LogP contribution in [0.3, 0.4) is 0 Å². The summed E-state index contributed by atoms with van der Waals surface area (Å²) in [6.45, 7) is 5.23. The molecule has 0 radical (unpaired) electrons. The van der Waals surface area contributed by atoms with Crippen molar-refractivity contribution in [3.63, 3.8) is 0 Å². The van der Waals surface area contributed by atoms with Crippen molar-refractivity contribution in [3.05, 3.63) is 54.4 Å². The smallest absolute Gasteiger partial charge is 0.233 e. The topological polar surface area (TPSA) is 59.0 Å². The molecule has 2 N–H and O–H groups in total. The Hall–Kier alpha value is -2.14. The molecule has 1 saturated carbocycles. The zero-order chi connectivity index (χ0) is 17.7. The lowest BCUT2D eigenvalue weighted by molar-refractivity contribution is -0.120. The van der Waals surface area contributed by atoms with Gasteiger partial charge in [0, 0.05) is 30.4 Å². The Morgan fingerprint density at radius 1 is 1.24 bits per heavy atom. The molecule has 1 aromatic heterocycles. The third-order valence-electron chi connectivity index (χ3n) is 5.57. The number of amides is 1. The van der Waals surface area contributed by atoms with Crippen LogP contribution in [0, 0.1) is 0 Å². The van der Waals surface area contributed by atoms with E-state index in [2.05, 4.69) is 53.8 Å². The fourth-order valence-electron chi connectivity index (χ4n) is 3.47. The van der Waals surface area contributed by atoms with Crippen molar-refractivity contribution in [2.45, 2.75) is 50.6 Å². The van der Waals surface area contributed by atoms with Crippen molar-refractivity contribution in [2.75, 3.05) is 13.1 Å². The maximum atomic E-state index is 12.3. The van der Waals surface area contributed by atoms with E-state index in [4.69, 9.17) is 0 Å². The van der Waals surface area contributed by atoms with Gasteiger partial charge in [-0.1, -0.05) is 36.8 Å². The fourth-order valence-corrected chi connectivity index (χ4v) is 3.47. The normalized spacial score (nSPS) is 18.2. The number of hydrogen-bond acceptors (Lipinski definition) is 3. The van der Waals surface area contributed by atoms with Crippen LogP contribution in [0.25, 0.3) is 0 Å². The number of aromatic nitrogens is 2. The molecular formula is C20H28N4O. The van der Waals surface area contributed by atoms with Crippen LogP contribution in [0.4, 0.5) is 0 Å². The summed E-state index contributed by atoms with van der Waals surface area (Å²) in [6, 6.07) is 12.8. The molecule has 0 spiro atoms. The molecule has 1 aliphatic rings. The zero-order valence-corrected chi connectivity index (χ0v) is 15.1. The number of hydrogen-bond donors (Lipinski definition) is 2. The molecule has 134 valence electrons. The SMILES string of the molecule is C[C@@H](NCC(=O)NCC1(c2ccccc2)CCC1)[C@H](C)n1cccn1. The van der Waals surface area contributed by atoms with Gasteiger partial charge in [-0.25, -0.2) is 0 Å². The van der Waals surface area contributed by atoms with Crippen LogP contribution in [-0.2, 0) is 10.2 Å². The third kappa shape index (κ3) is 4.10. The Balaban J connectivity index is 1.46. The molecule has 1 heterocycles. The van der Waals surface area contributed by atoms with Gasteiger partial charge < -0.3 is 10.6 Å². The highest BCUT2D eigenvalue weighted by Gasteiger charge is 2.38. The molecule has 2 atom stereocenters. The van der Waals surface area contributed by atoms with Crippen LogP contribution >= 0.6 is 0 Å². The summed E-state index contributed by atoms with van der Waals surface area (Å²) in [5.74, 6) is 0.0571. The van der Waals surface area contributed by atoms with E-state index in [0.717, 1.165) is 19.4 Å². The molecule has 5 heteroatoms. The van der Waals surface area contributed by atoms with Gasteiger partial charge in [0.25, 0.3) is 0 Å². The van der Waals surface area contributed by atoms with E-state index in [1.54, 1.807) is 6.20 Å². The summed E-state index contributed by atoms with van der Waals surface area (Å²) < 4.78 is 1.91. The largest absolute Gasteiger partial charge is 0.354 e. The van der Waals surface area contributed by atoms with Crippen molar-refractivity contribution in [1.82, 2.24) is 20.4 Å². The maximum absolute atomic E-state index is 12.3. The minimum absolute atomic E-state index is 0.0571. The Morgan fingerprint density at radius 2 is 2.00 bits per heavy atom. The molecule has 0 unspecified atom stereocenters. The van der Waals surface area contributed by atoms with Crippen LogP contribution < -0.4 is 10.6 Å². The number of rotatable bonds is 8. The van der Waals surface area contributed by atoms with E-state index < -0.39 is 0 Å². The summed E-state index contributed by atoms with van der Waals surface area (Å²) in [5, 5.41) is 10.7. The molecule has 1 amide bonds. The Morgan fingerprint density at radius 3 is 2.60 bits per heavy atom. The van der Waals surface area contributed by atoms with E-state index in [0.29, 0.717) is 6.54 Å². The summed E-state index contributed by atoms with van der Waals surface area (Å²) in [5.41, 5.74) is 1.47. The second-order valence-electron chi connectivity index (χ2n) is 7.17. The van der Waals surface area contributed by atoms with Gasteiger partial charge in [-0.05, 0) is 38.3 Å². The van der Waals surface area contributed by atoms with Crippen LogP contribution in [-0.4, -0.2) is 34.8 Å². The molecule has 3 rings (SSSR count). The first kappa shape index (κ1) is 17.7. The maximum Gasteiger partial charge on any atom is 0.233 e. The van der Waals surface area contributed by atoms with Crippen molar-refractivity contribution in [1.29, 1.82) is 0 Å². The van der Waals surface area contributed by atoms with E-state index in [-0.39, 0.29) is 23.4 Å². The van der Waals surface area contributed by atoms with Gasteiger partial charge in [0.15, 0.2) is 0 Å². The van der Waals surface area contributed by atoms with E-state index in [1.165, 1.54) is 12.0 Å². The van der Waals surface area contributed by atoms with Gasteiger partial charge in [-0.2, -0.15) is 5.10 Å². The average molecular weight is 340 g/mol. The summed E-state index contributed by atoms with van der Waals surface area (Å²) >= 11 is 0. The van der Waals surface area contributed by atoms with Crippen LogP contribution in [0.1, 0.15) is 44.7 Å².